The monoisotopic (exact) mass is 388 g/mol. The smallest absolute Gasteiger partial charge is 0.387 e. The molecule has 0 N–H and O–H groups in total. The summed E-state index contributed by atoms with van der Waals surface area (Å²) in [6.45, 7) is -0.587. The minimum Gasteiger partial charge on any atom is -0.435 e. The molecule has 1 aromatic carbocycles. The van der Waals surface area contributed by atoms with Gasteiger partial charge in [-0.05, 0) is 62.4 Å². The van der Waals surface area contributed by atoms with Crippen LogP contribution in [0.25, 0.3) is 10.2 Å². The molecule has 1 aliphatic carbocycles. The summed E-state index contributed by atoms with van der Waals surface area (Å²) in [4.78, 5) is 11.7. The van der Waals surface area contributed by atoms with Gasteiger partial charge in [-0.2, -0.15) is 19.0 Å². The fourth-order valence-corrected chi connectivity index (χ4v) is 4.67. The molecule has 0 fully saturated rings. The van der Waals surface area contributed by atoms with E-state index in [-0.39, 0.29) is 5.75 Å². The predicted octanol–water partition coefficient (Wildman–Crippen LogP) is 5.76. The van der Waals surface area contributed by atoms with Crippen molar-refractivity contribution in [2.24, 2.45) is 10.2 Å². The van der Waals surface area contributed by atoms with Gasteiger partial charge in [0.05, 0.1) is 11.4 Å². The van der Waals surface area contributed by atoms with Crippen molar-refractivity contribution in [2.75, 3.05) is 0 Å². The lowest BCUT2D eigenvalue weighted by Crippen LogP contribution is -2.01. The molecule has 1 aliphatic rings. The average molecular weight is 388 g/mol. The number of aromatic nitrogens is 2. The fraction of sp³-hybridized carbons (Fsp3) is 0.368. The molecule has 3 aromatic rings. The SMILES string of the molecule is Cc1nc(CN=Nc2ccc(OC(F)F)cc2)c2c3c(sc2n1)CCCC3. The van der Waals surface area contributed by atoms with Crippen LogP contribution in [0.15, 0.2) is 34.5 Å². The molecule has 0 atom stereocenters. The van der Waals surface area contributed by atoms with Crippen molar-refractivity contribution in [1.29, 1.82) is 0 Å². The molecule has 140 valence electrons. The molecule has 0 saturated carbocycles. The number of benzene rings is 1. The van der Waals surface area contributed by atoms with Crippen molar-refractivity contribution in [1.82, 2.24) is 9.97 Å². The van der Waals surface area contributed by atoms with Crippen LogP contribution in [0.4, 0.5) is 14.5 Å². The van der Waals surface area contributed by atoms with E-state index < -0.39 is 6.61 Å². The Bertz CT molecular complexity index is 986. The third kappa shape index (κ3) is 3.95. The summed E-state index contributed by atoms with van der Waals surface area (Å²) in [7, 11) is 0. The highest BCUT2D eigenvalue weighted by Gasteiger charge is 2.20. The van der Waals surface area contributed by atoms with Crippen molar-refractivity contribution in [3.05, 3.63) is 46.2 Å². The van der Waals surface area contributed by atoms with E-state index in [9.17, 15) is 8.78 Å². The van der Waals surface area contributed by atoms with E-state index in [1.807, 2.05) is 6.92 Å². The van der Waals surface area contributed by atoms with Crippen LogP contribution < -0.4 is 4.74 Å². The zero-order valence-corrected chi connectivity index (χ0v) is 15.6. The maximum absolute atomic E-state index is 12.2. The highest BCUT2D eigenvalue weighted by Crippen LogP contribution is 2.37. The Labute approximate surface area is 159 Å². The number of nitrogens with zero attached hydrogens (tertiary/aromatic N) is 4. The molecule has 0 amide bonds. The molecule has 5 nitrogen and oxygen atoms in total. The second-order valence-electron chi connectivity index (χ2n) is 6.38. The normalized spacial score (nSPS) is 14.2. The minimum absolute atomic E-state index is 0.0991. The van der Waals surface area contributed by atoms with Gasteiger partial charge in [-0.25, -0.2) is 9.97 Å². The zero-order valence-electron chi connectivity index (χ0n) is 14.8. The van der Waals surface area contributed by atoms with Crippen LogP contribution in [0.5, 0.6) is 5.75 Å². The van der Waals surface area contributed by atoms with Crippen molar-refractivity contribution in [2.45, 2.75) is 45.8 Å². The number of ether oxygens (including phenoxy) is 1. The molecule has 27 heavy (non-hydrogen) atoms. The van der Waals surface area contributed by atoms with Crippen molar-refractivity contribution < 1.29 is 13.5 Å². The van der Waals surface area contributed by atoms with Crippen molar-refractivity contribution in [3.63, 3.8) is 0 Å². The highest BCUT2D eigenvalue weighted by molar-refractivity contribution is 7.18. The first-order valence-corrected chi connectivity index (χ1v) is 9.62. The first kappa shape index (κ1) is 17.9. The Morgan fingerprint density at radius 2 is 1.93 bits per heavy atom. The second-order valence-corrected chi connectivity index (χ2v) is 7.46. The van der Waals surface area contributed by atoms with E-state index in [1.54, 1.807) is 23.5 Å². The van der Waals surface area contributed by atoms with E-state index in [4.69, 9.17) is 0 Å². The first-order chi connectivity index (χ1) is 13.1. The Balaban J connectivity index is 1.56. The molecule has 4 rings (SSSR count). The van der Waals surface area contributed by atoms with Gasteiger partial charge < -0.3 is 4.74 Å². The summed E-state index contributed by atoms with van der Waals surface area (Å²) in [5.74, 6) is 0.835. The van der Waals surface area contributed by atoms with Crippen molar-refractivity contribution >= 4 is 27.2 Å². The molecular formula is C19H18F2N4OS. The van der Waals surface area contributed by atoms with Gasteiger partial charge in [-0.15, -0.1) is 11.3 Å². The van der Waals surface area contributed by atoms with Crippen molar-refractivity contribution in [3.8, 4) is 5.75 Å². The molecule has 2 heterocycles. The van der Waals surface area contributed by atoms with Gasteiger partial charge in [0, 0.05) is 10.3 Å². The van der Waals surface area contributed by atoms with E-state index in [2.05, 4.69) is 24.9 Å². The van der Waals surface area contributed by atoms with Crippen LogP contribution >= 0.6 is 11.3 Å². The lowest BCUT2D eigenvalue weighted by Gasteiger charge is -2.11. The van der Waals surface area contributed by atoms with E-state index in [0.717, 1.165) is 34.6 Å². The van der Waals surface area contributed by atoms with Crippen LogP contribution in [0.2, 0.25) is 0 Å². The molecular weight excluding hydrogens is 370 g/mol. The number of thiophene rings is 1. The minimum atomic E-state index is -2.84. The number of hydrogen-bond acceptors (Lipinski definition) is 6. The summed E-state index contributed by atoms with van der Waals surface area (Å²) in [5.41, 5.74) is 2.85. The van der Waals surface area contributed by atoms with E-state index in [1.165, 1.54) is 35.4 Å². The van der Waals surface area contributed by atoms with Gasteiger partial charge in [-0.3, -0.25) is 0 Å². The second kappa shape index (κ2) is 7.64. The number of halogens is 2. The topological polar surface area (TPSA) is 59.7 Å². The van der Waals surface area contributed by atoms with E-state index >= 15 is 0 Å². The molecule has 0 unspecified atom stereocenters. The van der Waals surface area contributed by atoms with E-state index in [0.29, 0.717) is 12.2 Å². The maximum Gasteiger partial charge on any atom is 0.387 e. The number of aryl methyl sites for hydroxylation is 3. The number of rotatable bonds is 5. The van der Waals surface area contributed by atoms with Crippen LogP contribution in [-0.4, -0.2) is 16.6 Å². The Morgan fingerprint density at radius 3 is 2.70 bits per heavy atom. The molecule has 0 aliphatic heterocycles. The van der Waals surface area contributed by atoms with Gasteiger partial charge in [0.2, 0.25) is 0 Å². The number of alkyl halides is 2. The van der Waals surface area contributed by atoms with Gasteiger partial charge in [0.1, 0.15) is 22.9 Å². The third-order valence-corrected chi connectivity index (χ3v) is 5.66. The first-order valence-electron chi connectivity index (χ1n) is 8.80. The lowest BCUT2D eigenvalue weighted by atomic mass is 9.96. The summed E-state index contributed by atoms with van der Waals surface area (Å²) in [6.07, 6.45) is 4.61. The standard InChI is InChI=1S/C19H18F2N4OS/c1-11-23-15(17-14-4-2-3-5-16(14)27-18(17)24-11)10-22-25-12-6-8-13(9-7-12)26-19(20)21/h6-9,19H,2-5,10H2,1H3. The van der Waals surface area contributed by atoms with Crippen LogP contribution in [0.3, 0.4) is 0 Å². The van der Waals surface area contributed by atoms with Gasteiger partial charge in [-0.1, -0.05) is 0 Å². The number of fused-ring (bicyclic) bond motifs is 3. The molecule has 0 spiro atoms. The Morgan fingerprint density at radius 1 is 1.15 bits per heavy atom. The lowest BCUT2D eigenvalue weighted by molar-refractivity contribution is -0.0498. The number of hydrogen-bond donors (Lipinski definition) is 0. The molecule has 0 saturated heterocycles. The van der Waals surface area contributed by atoms with Gasteiger partial charge in [0.25, 0.3) is 0 Å². The Hall–Kier alpha value is -2.48. The quantitative estimate of drug-likeness (QED) is 0.522. The molecule has 2 aromatic heterocycles. The Kier molecular flexibility index (Phi) is 5.07. The largest absolute Gasteiger partial charge is 0.435 e. The summed E-state index contributed by atoms with van der Waals surface area (Å²) in [6, 6.07) is 6.08. The van der Waals surface area contributed by atoms with Gasteiger partial charge >= 0.3 is 6.61 Å². The van der Waals surface area contributed by atoms with Crippen LogP contribution in [-0.2, 0) is 19.4 Å². The molecule has 0 bridgehead atoms. The summed E-state index contributed by atoms with van der Waals surface area (Å²) >= 11 is 1.77. The fourth-order valence-electron chi connectivity index (χ4n) is 3.34. The third-order valence-electron chi connectivity index (χ3n) is 4.47. The van der Waals surface area contributed by atoms with Crippen LogP contribution in [0.1, 0.15) is 34.8 Å². The predicted molar refractivity (Wildman–Crippen MR) is 100 cm³/mol. The van der Waals surface area contributed by atoms with Crippen LogP contribution in [0, 0.1) is 6.92 Å². The average Bonchev–Trinajstić information content (AvgIpc) is 3.00. The zero-order chi connectivity index (χ0) is 18.8. The number of azo groups is 1. The summed E-state index contributed by atoms with van der Waals surface area (Å²) < 4.78 is 28.7. The summed E-state index contributed by atoms with van der Waals surface area (Å²) in [5, 5.41) is 9.59. The van der Waals surface area contributed by atoms with Gasteiger partial charge in [0.15, 0.2) is 0 Å². The highest BCUT2D eigenvalue weighted by atomic mass is 32.1. The maximum atomic E-state index is 12.2. The molecule has 0 radical (unpaired) electrons. The molecule has 8 heteroatoms.